The molecule has 4 rings (SSSR count). The Kier molecular flexibility index (Phi) is 6.37. The van der Waals surface area contributed by atoms with Gasteiger partial charge in [0, 0.05) is 36.6 Å². The van der Waals surface area contributed by atoms with Gasteiger partial charge >= 0.3 is 0 Å². The van der Waals surface area contributed by atoms with Crippen LogP contribution in [-0.4, -0.2) is 34.7 Å². The van der Waals surface area contributed by atoms with E-state index < -0.39 is 5.41 Å². The summed E-state index contributed by atoms with van der Waals surface area (Å²) >= 11 is 0. The van der Waals surface area contributed by atoms with E-state index in [4.69, 9.17) is 0 Å². The minimum Gasteiger partial charge on any atom is -0.393 e. The highest BCUT2D eigenvalue weighted by molar-refractivity contribution is 5.92. The van der Waals surface area contributed by atoms with E-state index in [1.54, 1.807) is 0 Å². The Morgan fingerprint density at radius 2 is 1.81 bits per heavy atom. The zero-order chi connectivity index (χ0) is 23.4. The number of fused-ring (bicyclic) bond motifs is 5. The van der Waals surface area contributed by atoms with Crippen LogP contribution in [-0.2, 0) is 14.4 Å². The fourth-order valence-electron chi connectivity index (χ4n) is 8.53. The van der Waals surface area contributed by atoms with Gasteiger partial charge in [-0.05, 0) is 87.4 Å². The Bertz CT molecular complexity index is 778. The van der Waals surface area contributed by atoms with Crippen molar-refractivity contribution in [2.75, 3.05) is 0 Å². The third kappa shape index (κ3) is 3.76. The second kappa shape index (κ2) is 8.52. The molecule has 0 aromatic heterocycles. The molecule has 9 atom stereocenters. The molecule has 0 radical (unpaired) electrons. The van der Waals surface area contributed by atoms with Gasteiger partial charge in [-0.15, -0.1) is 0 Å². The van der Waals surface area contributed by atoms with Crippen LogP contribution < -0.4 is 5.32 Å². The van der Waals surface area contributed by atoms with Gasteiger partial charge in [-0.3, -0.25) is 14.4 Å². The number of hydrogen-bond donors (Lipinski definition) is 2. The molecule has 32 heavy (non-hydrogen) atoms. The molecule has 0 aromatic carbocycles. The Morgan fingerprint density at radius 1 is 1.09 bits per heavy atom. The van der Waals surface area contributed by atoms with Crippen LogP contribution in [0.25, 0.3) is 0 Å². The summed E-state index contributed by atoms with van der Waals surface area (Å²) in [6.07, 6.45) is 6.44. The van der Waals surface area contributed by atoms with E-state index in [0.717, 1.165) is 32.1 Å². The van der Waals surface area contributed by atoms with Gasteiger partial charge in [0.1, 0.15) is 11.6 Å². The molecule has 0 spiro atoms. The zero-order valence-electron chi connectivity index (χ0n) is 20.7. The number of rotatable bonds is 5. The van der Waals surface area contributed by atoms with Gasteiger partial charge in [-0.25, -0.2) is 0 Å². The molecular formula is C27H43NO4. The van der Waals surface area contributed by atoms with Crippen LogP contribution in [0.2, 0.25) is 0 Å². The third-order valence-corrected chi connectivity index (χ3v) is 10.3. The van der Waals surface area contributed by atoms with Crippen LogP contribution in [0, 0.1) is 46.3 Å². The molecule has 4 saturated carbocycles. The summed E-state index contributed by atoms with van der Waals surface area (Å²) in [7, 11) is 0. The number of aliphatic hydroxyl groups excluding tert-OH is 1. The van der Waals surface area contributed by atoms with E-state index in [2.05, 4.69) is 26.1 Å². The van der Waals surface area contributed by atoms with Crippen molar-refractivity contribution in [3.8, 4) is 0 Å². The highest BCUT2D eigenvalue weighted by Gasteiger charge is 2.66. The fourth-order valence-corrected chi connectivity index (χ4v) is 8.53. The van der Waals surface area contributed by atoms with Crippen LogP contribution in [0.3, 0.4) is 0 Å². The normalized spacial score (nSPS) is 44.6. The predicted octanol–water partition coefficient (Wildman–Crippen LogP) is 4.31. The monoisotopic (exact) mass is 445 g/mol. The van der Waals surface area contributed by atoms with E-state index in [1.165, 1.54) is 0 Å². The number of hydrogen-bond acceptors (Lipinski definition) is 4. The van der Waals surface area contributed by atoms with Gasteiger partial charge in [0.15, 0.2) is 0 Å². The van der Waals surface area contributed by atoms with Crippen molar-refractivity contribution in [3.63, 3.8) is 0 Å². The van der Waals surface area contributed by atoms with Gasteiger partial charge in [0.05, 0.1) is 6.10 Å². The van der Waals surface area contributed by atoms with Crippen molar-refractivity contribution in [2.24, 2.45) is 46.3 Å². The van der Waals surface area contributed by atoms with Gasteiger partial charge in [-0.1, -0.05) is 20.8 Å². The minimum atomic E-state index is -0.442. The molecule has 180 valence electrons. The number of nitrogens with one attached hydrogen (secondary N) is 1. The molecule has 0 bridgehead atoms. The number of amides is 1. The van der Waals surface area contributed by atoms with Crippen LogP contribution in [0.1, 0.15) is 92.4 Å². The van der Waals surface area contributed by atoms with Crippen molar-refractivity contribution >= 4 is 17.5 Å². The number of ketones is 2. The lowest BCUT2D eigenvalue weighted by molar-refractivity contribution is -0.168. The molecule has 1 amide bonds. The third-order valence-electron chi connectivity index (χ3n) is 10.3. The molecule has 0 saturated heterocycles. The van der Waals surface area contributed by atoms with E-state index in [9.17, 15) is 19.5 Å². The molecule has 5 nitrogen and oxygen atoms in total. The van der Waals surface area contributed by atoms with E-state index >= 15 is 0 Å². The smallest absolute Gasteiger partial charge is 0.220 e. The molecule has 0 aromatic rings. The summed E-state index contributed by atoms with van der Waals surface area (Å²) in [5.74, 6) is 1.81. The first-order valence-electron chi connectivity index (χ1n) is 13.0. The van der Waals surface area contributed by atoms with Crippen molar-refractivity contribution < 1.29 is 19.5 Å². The SMILES string of the molecule is CC(C)NC(=O)CC[C@H](C)[C@@H]1CC[C@@H]2[C@H]3C(=O)C[C@H]4C[C@@H](O)CC[C@@]4(C)[C@@H]3CC(=O)[C@]21C. The Hall–Kier alpha value is -1.23. The molecule has 4 aliphatic rings. The second-order valence-electron chi connectivity index (χ2n) is 12.4. The Labute approximate surface area is 193 Å². The molecule has 0 heterocycles. The highest BCUT2D eigenvalue weighted by atomic mass is 16.3. The van der Waals surface area contributed by atoms with Crippen molar-refractivity contribution in [1.82, 2.24) is 5.32 Å². The predicted molar refractivity (Wildman–Crippen MR) is 124 cm³/mol. The van der Waals surface area contributed by atoms with E-state index in [-0.39, 0.29) is 59.0 Å². The molecule has 4 aliphatic carbocycles. The Morgan fingerprint density at radius 3 is 2.50 bits per heavy atom. The molecule has 5 heteroatoms. The number of carbonyl (C=O) groups is 3. The van der Waals surface area contributed by atoms with Crippen LogP contribution in [0.4, 0.5) is 0 Å². The highest BCUT2D eigenvalue weighted by Crippen LogP contribution is 2.66. The first kappa shape index (κ1) is 23.9. The minimum absolute atomic E-state index is 0.00404. The van der Waals surface area contributed by atoms with Crippen molar-refractivity contribution in [1.29, 1.82) is 0 Å². The molecule has 0 unspecified atom stereocenters. The van der Waals surface area contributed by atoms with Gasteiger partial charge in [-0.2, -0.15) is 0 Å². The van der Waals surface area contributed by atoms with Crippen molar-refractivity contribution in [2.45, 2.75) is 105 Å². The number of aliphatic hydroxyl groups is 1. The molecule has 2 N–H and O–H groups in total. The second-order valence-corrected chi connectivity index (χ2v) is 12.4. The number of carbonyl (C=O) groups excluding carboxylic acids is 3. The Balaban J connectivity index is 1.53. The summed E-state index contributed by atoms with van der Waals surface area (Å²) in [5.41, 5.74) is -0.449. The average Bonchev–Trinajstić information content (AvgIpc) is 3.06. The lowest BCUT2D eigenvalue weighted by Crippen LogP contribution is -2.60. The van der Waals surface area contributed by atoms with E-state index in [1.807, 2.05) is 13.8 Å². The lowest BCUT2D eigenvalue weighted by atomic mass is 9.43. The summed E-state index contributed by atoms with van der Waals surface area (Å²) < 4.78 is 0. The maximum absolute atomic E-state index is 13.8. The standard InChI is InChI=1S/C27H43NO4/c1-15(2)28-24(32)9-6-16(3)19-7-8-20-25-21(14-23(31)27(19,20)5)26(4)11-10-18(29)12-17(26)13-22(25)30/h15-21,25,29H,6-14H2,1-5H3,(H,28,32)/t16-,17+,18-,19-,20+,21+,25+,26+,27-/m0/s1. The van der Waals surface area contributed by atoms with Crippen molar-refractivity contribution in [3.05, 3.63) is 0 Å². The van der Waals surface area contributed by atoms with Crippen LogP contribution >= 0.6 is 0 Å². The van der Waals surface area contributed by atoms with Gasteiger partial charge in [0.2, 0.25) is 5.91 Å². The first-order valence-corrected chi connectivity index (χ1v) is 13.0. The lowest BCUT2D eigenvalue weighted by Gasteiger charge is -2.59. The van der Waals surface area contributed by atoms with Crippen LogP contribution in [0.5, 0.6) is 0 Å². The summed E-state index contributed by atoms with van der Waals surface area (Å²) in [6.45, 7) is 10.6. The topological polar surface area (TPSA) is 83.5 Å². The molecular weight excluding hydrogens is 402 g/mol. The largest absolute Gasteiger partial charge is 0.393 e. The average molecular weight is 446 g/mol. The molecule has 0 aliphatic heterocycles. The summed E-state index contributed by atoms with van der Waals surface area (Å²) in [4.78, 5) is 39.5. The van der Waals surface area contributed by atoms with Crippen LogP contribution in [0.15, 0.2) is 0 Å². The molecule has 4 fully saturated rings. The van der Waals surface area contributed by atoms with Gasteiger partial charge in [0.25, 0.3) is 0 Å². The quantitative estimate of drug-likeness (QED) is 0.661. The van der Waals surface area contributed by atoms with Gasteiger partial charge < -0.3 is 10.4 Å². The van der Waals surface area contributed by atoms with E-state index in [0.29, 0.717) is 37.2 Å². The number of Topliss-reactive ketones (excluding diaryl/α,β-unsaturated/α-hetero) is 2. The maximum atomic E-state index is 13.8. The fraction of sp³-hybridized carbons (Fsp3) is 0.889. The maximum Gasteiger partial charge on any atom is 0.220 e. The summed E-state index contributed by atoms with van der Waals surface area (Å²) in [5, 5.41) is 13.2. The summed E-state index contributed by atoms with van der Waals surface area (Å²) in [6, 6.07) is 0.145. The first-order chi connectivity index (χ1) is 15.0. The zero-order valence-corrected chi connectivity index (χ0v) is 20.7.